The number of benzene rings is 3. The van der Waals surface area contributed by atoms with Gasteiger partial charge in [-0.25, -0.2) is 0 Å². The van der Waals surface area contributed by atoms with E-state index in [1.165, 1.54) is 0 Å². The molecule has 190 valence electrons. The number of aromatic nitrogens is 1. The molecule has 1 aliphatic carbocycles. The first-order valence-electron chi connectivity index (χ1n) is 12.7. The zero-order chi connectivity index (χ0) is 26.9. The van der Waals surface area contributed by atoms with Gasteiger partial charge in [0.15, 0.2) is 22.9 Å². The first-order chi connectivity index (χ1) is 18.9. The highest BCUT2D eigenvalue weighted by molar-refractivity contribution is 6.33. The van der Waals surface area contributed by atoms with Gasteiger partial charge in [-0.3, -0.25) is 14.4 Å². The summed E-state index contributed by atoms with van der Waals surface area (Å²) in [5.74, 6) is -0.511. The molecule has 0 saturated heterocycles. The van der Waals surface area contributed by atoms with Crippen molar-refractivity contribution < 1.29 is 18.9 Å². The number of amides is 1. The molecule has 3 aromatic carbocycles. The molecular weight excluding hydrogens is 490 g/mol. The number of aryl methyl sites for hydroxylation is 2. The third-order valence-corrected chi connectivity index (χ3v) is 7.80. The molecule has 1 N–H and O–H groups in total. The molecule has 1 aromatic heterocycles. The van der Waals surface area contributed by atoms with E-state index >= 15 is 0 Å². The van der Waals surface area contributed by atoms with Gasteiger partial charge in [0.05, 0.1) is 0 Å². The summed E-state index contributed by atoms with van der Waals surface area (Å²) >= 11 is 0. The number of hydrogen-bond acceptors (Lipinski definition) is 6. The molecule has 7 heteroatoms. The van der Waals surface area contributed by atoms with Crippen molar-refractivity contribution >= 4 is 41.0 Å². The van der Waals surface area contributed by atoms with Crippen LogP contribution in [0.25, 0.3) is 12.2 Å². The van der Waals surface area contributed by atoms with Crippen molar-refractivity contribution in [1.29, 1.82) is 0 Å². The average Bonchev–Trinajstić information content (AvgIpc) is 3.59. The highest BCUT2D eigenvalue weighted by Gasteiger charge is 2.63. The Morgan fingerprint density at radius 1 is 0.897 bits per heavy atom. The molecular formula is C32H23N3O4. The molecule has 7 rings (SSSR count). The molecule has 7 nitrogen and oxygen atoms in total. The summed E-state index contributed by atoms with van der Waals surface area (Å²) in [6.07, 6.45) is 3.70. The standard InChI is InChI=1S/C32H23N3O4/c1-18-12-14-25-24(16-18)32(31(38)33-25)27-23(29(36)21-10-6-7-11-22(21)30(27)37)17-35(32)28-19(2)34-39-26(28)15-13-20-8-4-3-5-9-20/h3-16H,17H2,1-2H3,(H,33,38)/b15-13+. The number of rotatable bonds is 3. The van der Waals surface area contributed by atoms with Crippen LogP contribution in [0.2, 0.25) is 0 Å². The third-order valence-electron chi connectivity index (χ3n) is 7.80. The second-order valence-electron chi connectivity index (χ2n) is 10.1. The fraction of sp³-hybridized carbons (Fsp3) is 0.125. The predicted molar refractivity (Wildman–Crippen MR) is 148 cm³/mol. The number of carbonyl (C=O) groups is 3. The predicted octanol–water partition coefficient (Wildman–Crippen LogP) is 5.51. The van der Waals surface area contributed by atoms with Crippen molar-refractivity contribution in [3.05, 3.63) is 123 Å². The molecule has 39 heavy (non-hydrogen) atoms. The number of Topliss-reactive ketones (excluding diaryl/α,β-unsaturated/α-hetero) is 2. The molecule has 0 bridgehead atoms. The Kier molecular flexibility index (Phi) is 4.88. The summed E-state index contributed by atoms with van der Waals surface area (Å²) in [6.45, 7) is 3.79. The Labute approximate surface area is 224 Å². The normalized spacial score (nSPS) is 19.6. The van der Waals surface area contributed by atoms with Crippen molar-refractivity contribution in [1.82, 2.24) is 5.16 Å². The second kappa shape index (κ2) is 8.23. The number of nitrogens with one attached hydrogen (secondary N) is 1. The van der Waals surface area contributed by atoms with E-state index in [2.05, 4.69) is 10.5 Å². The molecule has 0 radical (unpaired) electrons. The number of fused-ring (bicyclic) bond motifs is 4. The van der Waals surface area contributed by atoms with Crippen molar-refractivity contribution in [3.63, 3.8) is 0 Å². The number of anilines is 2. The highest BCUT2D eigenvalue weighted by Crippen LogP contribution is 2.55. The first-order valence-corrected chi connectivity index (χ1v) is 12.7. The number of ketones is 2. The summed E-state index contributed by atoms with van der Waals surface area (Å²) in [6, 6.07) is 22.2. The molecule has 1 spiro atoms. The lowest BCUT2D eigenvalue weighted by molar-refractivity contribution is -0.119. The minimum absolute atomic E-state index is 0.0588. The van der Waals surface area contributed by atoms with Crippen molar-refractivity contribution in [2.24, 2.45) is 0 Å². The van der Waals surface area contributed by atoms with Gasteiger partial charge < -0.3 is 14.7 Å². The van der Waals surface area contributed by atoms with Crippen molar-refractivity contribution in [2.75, 3.05) is 16.8 Å². The van der Waals surface area contributed by atoms with Crippen LogP contribution in [-0.4, -0.2) is 29.2 Å². The molecule has 1 atom stereocenters. The minimum Gasteiger partial charge on any atom is -0.354 e. The molecule has 4 aromatic rings. The Morgan fingerprint density at radius 3 is 2.38 bits per heavy atom. The van der Waals surface area contributed by atoms with E-state index in [-0.39, 0.29) is 29.6 Å². The summed E-state index contributed by atoms with van der Waals surface area (Å²) in [4.78, 5) is 44.0. The lowest BCUT2D eigenvalue weighted by Crippen LogP contribution is -2.51. The lowest BCUT2D eigenvalue weighted by Gasteiger charge is -2.37. The maximum atomic E-state index is 14.2. The minimum atomic E-state index is -1.55. The van der Waals surface area contributed by atoms with Gasteiger partial charge in [-0.2, -0.15) is 0 Å². The van der Waals surface area contributed by atoms with Crippen LogP contribution in [0.5, 0.6) is 0 Å². The van der Waals surface area contributed by atoms with Gasteiger partial charge in [-0.05, 0) is 31.6 Å². The zero-order valence-electron chi connectivity index (χ0n) is 21.3. The molecule has 0 fully saturated rings. The molecule has 2 aliphatic heterocycles. The Hall–Kier alpha value is -5.04. The average molecular weight is 514 g/mol. The van der Waals surface area contributed by atoms with Crippen LogP contribution in [0.3, 0.4) is 0 Å². The third kappa shape index (κ3) is 3.10. The fourth-order valence-electron chi connectivity index (χ4n) is 6.09. The first kappa shape index (κ1) is 23.1. The number of hydrogen-bond donors (Lipinski definition) is 1. The Bertz CT molecular complexity index is 1800. The topological polar surface area (TPSA) is 92.5 Å². The summed E-state index contributed by atoms with van der Waals surface area (Å²) < 4.78 is 5.75. The van der Waals surface area contributed by atoms with Crippen LogP contribution in [0, 0.1) is 13.8 Å². The van der Waals surface area contributed by atoms with Gasteiger partial charge in [0.25, 0.3) is 5.91 Å². The largest absolute Gasteiger partial charge is 0.354 e. The summed E-state index contributed by atoms with van der Waals surface area (Å²) in [5, 5.41) is 7.22. The maximum Gasteiger partial charge on any atom is 0.259 e. The van der Waals surface area contributed by atoms with Gasteiger partial charge >= 0.3 is 0 Å². The molecule has 3 aliphatic rings. The van der Waals surface area contributed by atoms with E-state index in [4.69, 9.17) is 4.52 Å². The van der Waals surface area contributed by atoms with Gasteiger partial charge in [0, 0.05) is 40.1 Å². The number of carbonyl (C=O) groups excluding carboxylic acids is 3. The van der Waals surface area contributed by atoms with Gasteiger partial charge in [-0.1, -0.05) is 83.5 Å². The van der Waals surface area contributed by atoms with Crippen LogP contribution < -0.4 is 10.2 Å². The maximum absolute atomic E-state index is 14.2. The Balaban J connectivity index is 1.48. The number of nitrogens with zero attached hydrogens (tertiary/aromatic N) is 2. The van der Waals surface area contributed by atoms with E-state index in [1.807, 2.05) is 66.4 Å². The molecule has 3 heterocycles. The molecule has 0 saturated carbocycles. The summed E-state index contributed by atoms with van der Waals surface area (Å²) in [7, 11) is 0. The van der Waals surface area contributed by atoms with Gasteiger partial charge in [0.1, 0.15) is 11.4 Å². The van der Waals surface area contributed by atoms with E-state index in [0.717, 1.165) is 11.1 Å². The van der Waals surface area contributed by atoms with E-state index in [1.54, 1.807) is 37.3 Å². The monoisotopic (exact) mass is 513 g/mol. The SMILES string of the molecule is Cc1ccc2c(c1)C1(C(=O)N2)C2=C(CN1c1c(C)noc1/C=C/c1ccccc1)C(=O)c1ccccc1C2=O. The zero-order valence-corrected chi connectivity index (χ0v) is 21.3. The van der Waals surface area contributed by atoms with Gasteiger partial charge in [0.2, 0.25) is 0 Å². The van der Waals surface area contributed by atoms with Crippen molar-refractivity contribution in [2.45, 2.75) is 19.4 Å². The van der Waals surface area contributed by atoms with Crippen LogP contribution in [0.4, 0.5) is 11.4 Å². The second-order valence-corrected chi connectivity index (χ2v) is 10.1. The van der Waals surface area contributed by atoms with E-state index in [0.29, 0.717) is 45.1 Å². The fourth-order valence-corrected chi connectivity index (χ4v) is 6.09. The van der Waals surface area contributed by atoms with Crippen molar-refractivity contribution in [3.8, 4) is 0 Å². The van der Waals surface area contributed by atoms with E-state index in [9.17, 15) is 14.4 Å². The highest BCUT2D eigenvalue weighted by atomic mass is 16.5. The molecule has 1 amide bonds. The van der Waals surface area contributed by atoms with Crippen LogP contribution >= 0.6 is 0 Å². The lowest BCUT2D eigenvalue weighted by atomic mass is 9.74. The smallest absolute Gasteiger partial charge is 0.259 e. The Morgan fingerprint density at radius 2 is 1.62 bits per heavy atom. The quantitative estimate of drug-likeness (QED) is 0.389. The van der Waals surface area contributed by atoms with E-state index < -0.39 is 5.54 Å². The van der Waals surface area contributed by atoms with Crippen LogP contribution in [-0.2, 0) is 10.3 Å². The van der Waals surface area contributed by atoms with Gasteiger partial charge in [-0.15, -0.1) is 0 Å². The van der Waals surface area contributed by atoms with Crippen LogP contribution in [0.1, 0.15) is 48.9 Å². The molecule has 1 unspecified atom stereocenters. The van der Waals surface area contributed by atoms with Crippen LogP contribution in [0.15, 0.2) is 88.5 Å². The summed E-state index contributed by atoms with van der Waals surface area (Å²) in [5.41, 5.74) is 3.88.